The summed E-state index contributed by atoms with van der Waals surface area (Å²) < 4.78 is 17.9. The van der Waals surface area contributed by atoms with Crippen molar-refractivity contribution in [1.82, 2.24) is 15.3 Å². The maximum atomic E-state index is 12.7. The molecule has 7 heteroatoms. The summed E-state index contributed by atoms with van der Waals surface area (Å²) in [5.41, 5.74) is 0. The maximum absolute atomic E-state index is 12.7. The lowest BCUT2D eigenvalue weighted by Crippen LogP contribution is -2.30. The van der Waals surface area contributed by atoms with Crippen molar-refractivity contribution in [3.05, 3.63) is 48.5 Å². The normalized spacial score (nSPS) is 10.0. The largest absolute Gasteiger partial charge is 0.484 e. The predicted octanol–water partition coefficient (Wildman–Crippen LogP) is 1.61. The first-order valence-electron chi connectivity index (χ1n) is 6.90. The first-order chi connectivity index (χ1) is 10.7. The molecule has 0 aliphatic heterocycles. The van der Waals surface area contributed by atoms with Gasteiger partial charge in [-0.15, -0.1) is 0 Å². The Bertz CT molecular complexity index is 578. The molecule has 0 aliphatic carbocycles. The van der Waals surface area contributed by atoms with E-state index in [1.54, 1.807) is 18.5 Å². The van der Waals surface area contributed by atoms with Crippen LogP contribution < -0.4 is 15.4 Å². The van der Waals surface area contributed by atoms with Crippen LogP contribution in [0.3, 0.4) is 0 Å². The van der Waals surface area contributed by atoms with Gasteiger partial charge in [0.15, 0.2) is 6.61 Å². The average Bonchev–Trinajstić information content (AvgIpc) is 2.55. The van der Waals surface area contributed by atoms with Gasteiger partial charge >= 0.3 is 0 Å². The number of hydrogen-bond donors (Lipinski definition) is 2. The standard InChI is InChI=1S/C15H17FN4O2/c16-12-3-5-13(6-4-12)22-11-14(21)17-7-1-8-18-15-19-9-2-10-20-15/h2-6,9-10H,1,7-8,11H2,(H,17,21)(H,18,19,20). The number of nitrogens with one attached hydrogen (secondary N) is 2. The zero-order valence-electron chi connectivity index (χ0n) is 12.0. The van der Waals surface area contributed by atoms with Crippen molar-refractivity contribution in [2.45, 2.75) is 6.42 Å². The molecule has 1 aromatic carbocycles. The summed E-state index contributed by atoms with van der Waals surface area (Å²) in [6.45, 7) is 1.08. The first-order valence-corrected chi connectivity index (χ1v) is 6.90. The summed E-state index contributed by atoms with van der Waals surface area (Å²) in [7, 11) is 0. The number of rotatable bonds is 8. The Labute approximate surface area is 127 Å². The molecule has 0 atom stereocenters. The van der Waals surface area contributed by atoms with Crippen molar-refractivity contribution in [1.29, 1.82) is 0 Å². The maximum Gasteiger partial charge on any atom is 0.257 e. The van der Waals surface area contributed by atoms with Crippen LogP contribution in [-0.4, -0.2) is 35.6 Å². The second kappa shape index (κ2) is 8.56. The van der Waals surface area contributed by atoms with Gasteiger partial charge in [0.05, 0.1) is 0 Å². The van der Waals surface area contributed by atoms with Crippen molar-refractivity contribution < 1.29 is 13.9 Å². The Kier molecular flexibility index (Phi) is 6.10. The number of hydrogen-bond acceptors (Lipinski definition) is 5. The monoisotopic (exact) mass is 304 g/mol. The molecule has 22 heavy (non-hydrogen) atoms. The summed E-state index contributed by atoms with van der Waals surface area (Å²) in [5, 5.41) is 5.77. The Morgan fingerprint density at radius 1 is 1.14 bits per heavy atom. The molecule has 6 nitrogen and oxygen atoms in total. The third-order valence-corrected chi connectivity index (χ3v) is 2.71. The second-order valence-electron chi connectivity index (χ2n) is 4.45. The Balaban J connectivity index is 1.55. The van der Waals surface area contributed by atoms with E-state index in [9.17, 15) is 9.18 Å². The lowest BCUT2D eigenvalue weighted by atomic mass is 10.3. The zero-order chi connectivity index (χ0) is 15.6. The van der Waals surface area contributed by atoms with Crippen molar-refractivity contribution in [2.24, 2.45) is 0 Å². The first kappa shape index (κ1) is 15.7. The highest BCUT2D eigenvalue weighted by molar-refractivity contribution is 5.77. The van der Waals surface area contributed by atoms with E-state index in [2.05, 4.69) is 20.6 Å². The van der Waals surface area contributed by atoms with Crippen LogP contribution in [0.4, 0.5) is 10.3 Å². The Hall–Kier alpha value is -2.70. The summed E-state index contributed by atoms with van der Waals surface area (Å²) >= 11 is 0. The number of anilines is 1. The van der Waals surface area contributed by atoms with Crippen molar-refractivity contribution in [2.75, 3.05) is 25.0 Å². The lowest BCUT2D eigenvalue weighted by Gasteiger charge is -2.08. The molecule has 0 saturated carbocycles. The number of nitrogens with zero attached hydrogens (tertiary/aromatic N) is 2. The van der Waals surface area contributed by atoms with Crippen LogP contribution >= 0.6 is 0 Å². The number of halogens is 1. The molecule has 1 amide bonds. The number of aromatic nitrogens is 2. The second-order valence-corrected chi connectivity index (χ2v) is 4.45. The number of benzene rings is 1. The Morgan fingerprint density at radius 3 is 2.59 bits per heavy atom. The molecule has 1 aromatic heterocycles. The number of carbonyl (C=O) groups excluding carboxylic acids is 1. The molecule has 0 aliphatic rings. The molecule has 0 spiro atoms. The molecular weight excluding hydrogens is 287 g/mol. The van der Waals surface area contributed by atoms with Gasteiger partial charge < -0.3 is 15.4 Å². The Morgan fingerprint density at radius 2 is 1.86 bits per heavy atom. The van der Waals surface area contributed by atoms with E-state index in [0.29, 0.717) is 24.8 Å². The number of ether oxygens (including phenoxy) is 1. The number of carbonyl (C=O) groups is 1. The van der Waals surface area contributed by atoms with Crippen LogP contribution in [0.5, 0.6) is 5.75 Å². The van der Waals surface area contributed by atoms with E-state index in [1.165, 1.54) is 24.3 Å². The average molecular weight is 304 g/mol. The lowest BCUT2D eigenvalue weighted by molar-refractivity contribution is -0.123. The predicted molar refractivity (Wildman–Crippen MR) is 80.0 cm³/mol. The van der Waals surface area contributed by atoms with Crippen molar-refractivity contribution in [3.63, 3.8) is 0 Å². The molecule has 2 N–H and O–H groups in total. The van der Waals surface area contributed by atoms with E-state index in [0.717, 1.165) is 6.42 Å². The van der Waals surface area contributed by atoms with Gasteiger partial charge in [-0.1, -0.05) is 0 Å². The molecule has 1 heterocycles. The minimum atomic E-state index is -0.341. The van der Waals surface area contributed by atoms with Gasteiger partial charge in [0, 0.05) is 25.5 Å². The van der Waals surface area contributed by atoms with E-state index in [1.807, 2.05) is 0 Å². The summed E-state index contributed by atoms with van der Waals surface area (Å²) in [4.78, 5) is 19.6. The molecule has 0 unspecified atom stereocenters. The van der Waals surface area contributed by atoms with Gasteiger partial charge in [-0.25, -0.2) is 14.4 Å². The summed E-state index contributed by atoms with van der Waals surface area (Å²) in [5.74, 6) is 0.458. The van der Waals surface area contributed by atoms with Crippen LogP contribution in [-0.2, 0) is 4.79 Å². The smallest absolute Gasteiger partial charge is 0.257 e. The van der Waals surface area contributed by atoms with Crippen LogP contribution in [0.2, 0.25) is 0 Å². The van der Waals surface area contributed by atoms with E-state index < -0.39 is 0 Å². The molecule has 0 fully saturated rings. The highest BCUT2D eigenvalue weighted by atomic mass is 19.1. The zero-order valence-corrected chi connectivity index (χ0v) is 12.0. The summed E-state index contributed by atoms with van der Waals surface area (Å²) in [6.07, 6.45) is 4.05. The molecule has 0 radical (unpaired) electrons. The van der Waals surface area contributed by atoms with Gasteiger partial charge in [0.2, 0.25) is 5.95 Å². The van der Waals surface area contributed by atoms with Gasteiger partial charge in [0.1, 0.15) is 11.6 Å². The summed E-state index contributed by atoms with van der Waals surface area (Å²) in [6, 6.07) is 7.26. The topological polar surface area (TPSA) is 76.1 Å². The molecule has 0 bridgehead atoms. The minimum absolute atomic E-state index is 0.0964. The van der Waals surface area contributed by atoms with Crippen LogP contribution in [0.15, 0.2) is 42.7 Å². The fourth-order valence-electron chi connectivity index (χ4n) is 1.64. The molecule has 0 saturated heterocycles. The van der Waals surface area contributed by atoms with E-state index in [4.69, 9.17) is 4.74 Å². The van der Waals surface area contributed by atoms with Gasteiger partial charge in [-0.05, 0) is 36.8 Å². The number of amides is 1. The highest BCUT2D eigenvalue weighted by Gasteiger charge is 2.02. The third kappa shape index (κ3) is 5.74. The SMILES string of the molecule is O=C(COc1ccc(F)cc1)NCCCNc1ncccn1. The molecule has 116 valence electrons. The van der Waals surface area contributed by atoms with Crippen molar-refractivity contribution >= 4 is 11.9 Å². The van der Waals surface area contributed by atoms with Gasteiger partial charge in [-0.2, -0.15) is 0 Å². The highest BCUT2D eigenvalue weighted by Crippen LogP contribution is 2.10. The molecule has 2 aromatic rings. The minimum Gasteiger partial charge on any atom is -0.484 e. The molecular formula is C15H17FN4O2. The van der Waals surface area contributed by atoms with Gasteiger partial charge in [-0.3, -0.25) is 4.79 Å². The molecule has 2 rings (SSSR count). The van der Waals surface area contributed by atoms with Crippen LogP contribution in [0.1, 0.15) is 6.42 Å². The third-order valence-electron chi connectivity index (χ3n) is 2.71. The van der Waals surface area contributed by atoms with Crippen LogP contribution in [0.25, 0.3) is 0 Å². The van der Waals surface area contributed by atoms with E-state index in [-0.39, 0.29) is 18.3 Å². The van der Waals surface area contributed by atoms with Gasteiger partial charge in [0.25, 0.3) is 5.91 Å². The fourth-order valence-corrected chi connectivity index (χ4v) is 1.64. The fraction of sp³-hybridized carbons (Fsp3) is 0.267. The van der Waals surface area contributed by atoms with Crippen molar-refractivity contribution in [3.8, 4) is 5.75 Å². The van der Waals surface area contributed by atoms with E-state index >= 15 is 0 Å². The van der Waals surface area contributed by atoms with Crippen LogP contribution in [0, 0.1) is 5.82 Å². The quantitative estimate of drug-likeness (QED) is 0.725.